The molecule has 2 heterocycles. The fraction of sp³-hybridized carbons (Fsp3) is 0.292. The number of carbonyl (C=O) groups excluding carboxylic acids is 3. The number of aromatic amines is 1. The first-order chi connectivity index (χ1) is 16.4. The standard InChI is InChI=1S/C22H25BN2O4.C2Cl2O2/c1-21(2)22(3,4)29-23(28-21)14-10-11-18(19(12-14)27-5)25-20(26)16-13-24-17-9-7-6-8-15(16)17;3-1(5)2(4)6/h6-13,24H,1-5H3,(H,25,26);. The number of ether oxygens (including phenoxy) is 1. The summed E-state index contributed by atoms with van der Waals surface area (Å²) < 4.78 is 17.7. The van der Waals surface area contributed by atoms with Gasteiger partial charge in [0.2, 0.25) is 0 Å². The minimum atomic E-state index is -1.14. The highest BCUT2D eigenvalue weighted by Gasteiger charge is 2.51. The smallest absolute Gasteiger partial charge is 0.494 e. The van der Waals surface area contributed by atoms with Gasteiger partial charge < -0.3 is 24.3 Å². The first-order valence-electron chi connectivity index (χ1n) is 10.7. The molecule has 0 spiro atoms. The fourth-order valence-corrected chi connectivity index (χ4v) is 3.39. The number of halogens is 2. The molecule has 2 aromatic carbocycles. The summed E-state index contributed by atoms with van der Waals surface area (Å²) in [6.45, 7) is 8.06. The largest absolute Gasteiger partial charge is 0.495 e. The molecule has 1 aliphatic heterocycles. The van der Waals surface area contributed by atoms with Crippen LogP contribution < -0.4 is 15.5 Å². The van der Waals surface area contributed by atoms with Crippen molar-refractivity contribution in [2.24, 2.45) is 0 Å². The van der Waals surface area contributed by atoms with Gasteiger partial charge in [-0.05, 0) is 74.6 Å². The van der Waals surface area contributed by atoms with Gasteiger partial charge in [0, 0.05) is 17.1 Å². The van der Waals surface area contributed by atoms with E-state index >= 15 is 0 Å². The molecule has 0 unspecified atom stereocenters. The Hall–Kier alpha value is -2.85. The van der Waals surface area contributed by atoms with Gasteiger partial charge in [0.15, 0.2) is 0 Å². The van der Waals surface area contributed by atoms with Crippen molar-refractivity contribution in [3.8, 4) is 5.75 Å². The van der Waals surface area contributed by atoms with Gasteiger partial charge in [0.25, 0.3) is 5.91 Å². The number of fused-ring (bicyclic) bond motifs is 1. The molecule has 35 heavy (non-hydrogen) atoms. The predicted molar refractivity (Wildman–Crippen MR) is 137 cm³/mol. The Balaban J connectivity index is 0.000000509. The molecule has 1 aromatic heterocycles. The SMILES string of the molecule is COc1cc(B2OC(C)(C)C(C)(C)O2)ccc1NC(=O)c1c[nH]c2ccccc12.O=C(Cl)C(=O)Cl. The topological polar surface area (TPSA) is 107 Å². The number of benzene rings is 2. The van der Waals surface area contributed by atoms with Crippen LogP contribution in [0.25, 0.3) is 10.9 Å². The second-order valence-electron chi connectivity index (χ2n) is 8.80. The summed E-state index contributed by atoms with van der Waals surface area (Å²) in [5.41, 5.74) is 2.08. The Kier molecular flexibility index (Phi) is 7.96. The molecule has 4 rings (SSSR count). The van der Waals surface area contributed by atoms with Crippen LogP contribution in [0.4, 0.5) is 5.69 Å². The zero-order chi connectivity index (χ0) is 26.0. The van der Waals surface area contributed by atoms with Gasteiger partial charge in [0.1, 0.15) is 5.75 Å². The molecule has 0 radical (unpaired) electrons. The van der Waals surface area contributed by atoms with Gasteiger partial charge in [0.05, 0.1) is 29.6 Å². The maximum Gasteiger partial charge on any atom is 0.494 e. The van der Waals surface area contributed by atoms with E-state index in [-0.39, 0.29) is 5.91 Å². The van der Waals surface area contributed by atoms with E-state index in [1.807, 2.05) is 70.2 Å². The van der Waals surface area contributed by atoms with Gasteiger partial charge in [-0.2, -0.15) is 0 Å². The van der Waals surface area contributed by atoms with E-state index < -0.39 is 28.8 Å². The number of amides is 1. The van der Waals surface area contributed by atoms with Gasteiger partial charge in [-0.1, -0.05) is 24.3 Å². The van der Waals surface area contributed by atoms with Crippen LogP contribution in [0.2, 0.25) is 0 Å². The summed E-state index contributed by atoms with van der Waals surface area (Å²) in [5, 5.41) is 1.53. The molecule has 8 nitrogen and oxygen atoms in total. The third kappa shape index (κ3) is 5.87. The lowest BCUT2D eigenvalue weighted by Gasteiger charge is -2.32. The molecule has 1 aliphatic rings. The summed E-state index contributed by atoms with van der Waals surface area (Å²) in [6.07, 6.45) is 1.71. The molecular formula is C24H25BCl2N2O6. The molecule has 0 atom stereocenters. The summed E-state index contributed by atoms with van der Waals surface area (Å²) >= 11 is 8.98. The quantitative estimate of drug-likeness (QED) is 0.297. The lowest BCUT2D eigenvalue weighted by Crippen LogP contribution is -2.41. The minimum absolute atomic E-state index is 0.205. The molecule has 1 saturated heterocycles. The third-order valence-corrected chi connectivity index (χ3v) is 6.43. The molecule has 184 valence electrons. The van der Waals surface area contributed by atoms with E-state index in [2.05, 4.69) is 33.5 Å². The molecule has 0 saturated carbocycles. The molecule has 1 amide bonds. The van der Waals surface area contributed by atoms with E-state index in [0.717, 1.165) is 16.4 Å². The first-order valence-corrected chi connectivity index (χ1v) is 11.4. The van der Waals surface area contributed by atoms with Crippen molar-refractivity contribution in [3.63, 3.8) is 0 Å². The number of nitrogens with one attached hydrogen (secondary N) is 2. The summed E-state index contributed by atoms with van der Waals surface area (Å²) in [6, 6.07) is 13.2. The lowest BCUT2D eigenvalue weighted by atomic mass is 9.79. The summed E-state index contributed by atoms with van der Waals surface area (Å²) in [5.74, 6) is 0.342. The van der Waals surface area contributed by atoms with E-state index in [4.69, 9.17) is 14.0 Å². The Morgan fingerprint density at radius 1 is 0.971 bits per heavy atom. The Labute approximate surface area is 213 Å². The number of anilines is 1. The number of H-pyrrole nitrogens is 1. The Morgan fingerprint density at radius 3 is 2.14 bits per heavy atom. The lowest BCUT2D eigenvalue weighted by molar-refractivity contribution is -0.127. The van der Waals surface area contributed by atoms with Crippen molar-refractivity contribution >= 4 is 68.8 Å². The predicted octanol–water partition coefficient (Wildman–Crippen LogP) is 4.25. The van der Waals surface area contributed by atoms with Crippen LogP contribution in [-0.2, 0) is 18.9 Å². The van der Waals surface area contributed by atoms with E-state index in [9.17, 15) is 14.4 Å². The van der Waals surface area contributed by atoms with Crippen LogP contribution in [0.15, 0.2) is 48.7 Å². The molecule has 11 heteroatoms. The highest BCUT2D eigenvalue weighted by Crippen LogP contribution is 2.37. The van der Waals surface area contributed by atoms with Crippen molar-refractivity contribution in [3.05, 3.63) is 54.2 Å². The summed E-state index contributed by atoms with van der Waals surface area (Å²) in [4.78, 5) is 34.8. The minimum Gasteiger partial charge on any atom is -0.495 e. The van der Waals surface area contributed by atoms with E-state index in [1.165, 1.54) is 0 Å². The number of hydrogen-bond acceptors (Lipinski definition) is 6. The fourth-order valence-electron chi connectivity index (χ4n) is 3.39. The van der Waals surface area contributed by atoms with Crippen molar-refractivity contribution < 1.29 is 28.4 Å². The van der Waals surface area contributed by atoms with Crippen molar-refractivity contribution in [2.45, 2.75) is 38.9 Å². The number of carbonyl (C=O) groups is 3. The van der Waals surface area contributed by atoms with Crippen LogP contribution in [0.3, 0.4) is 0 Å². The number of para-hydroxylation sites is 1. The highest BCUT2D eigenvalue weighted by molar-refractivity contribution is 6.97. The zero-order valence-electron chi connectivity index (χ0n) is 19.9. The normalized spacial score (nSPS) is 15.8. The molecular weight excluding hydrogens is 494 g/mol. The number of aromatic nitrogens is 1. The van der Waals surface area contributed by atoms with Crippen molar-refractivity contribution in [1.29, 1.82) is 0 Å². The van der Waals surface area contributed by atoms with Gasteiger partial charge in [-0.3, -0.25) is 14.4 Å². The second-order valence-corrected chi connectivity index (χ2v) is 9.48. The molecule has 0 bridgehead atoms. The van der Waals surface area contributed by atoms with Crippen LogP contribution in [0.1, 0.15) is 38.1 Å². The maximum absolute atomic E-state index is 12.8. The van der Waals surface area contributed by atoms with Crippen LogP contribution in [0.5, 0.6) is 5.75 Å². The van der Waals surface area contributed by atoms with Gasteiger partial charge in [-0.25, -0.2) is 0 Å². The molecule has 3 aromatic rings. The highest BCUT2D eigenvalue weighted by atomic mass is 35.5. The Bertz CT molecular complexity index is 1250. The Morgan fingerprint density at radius 2 is 1.57 bits per heavy atom. The van der Waals surface area contributed by atoms with Crippen molar-refractivity contribution in [2.75, 3.05) is 12.4 Å². The average molecular weight is 519 g/mol. The average Bonchev–Trinajstić information content (AvgIpc) is 3.32. The number of hydrogen-bond donors (Lipinski definition) is 2. The monoisotopic (exact) mass is 518 g/mol. The summed E-state index contributed by atoms with van der Waals surface area (Å²) in [7, 11) is 1.08. The second kappa shape index (κ2) is 10.4. The van der Waals surface area contributed by atoms with E-state index in [1.54, 1.807) is 13.3 Å². The van der Waals surface area contributed by atoms with Crippen LogP contribution in [-0.4, -0.2) is 46.8 Å². The van der Waals surface area contributed by atoms with Crippen LogP contribution in [0, 0.1) is 0 Å². The molecule has 0 aliphatic carbocycles. The van der Waals surface area contributed by atoms with Crippen molar-refractivity contribution in [1.82, 2.24) is 4.98 Å². The number of methoxy groups -OCH3 is 1. The number of rotatable bonds is 5. The molecule has 2 N–H and O–H groups in total. The van der Waals surface area contributed by atoms with E-state index in [0.29, 0.717) is 17.0 Å². The zero-order valence-corrected chi connectivity index (χ0v) is 21.4. The molecule has 1 fully saturated rings. The van der Waals surface area contributed by atoms with Crippen LogP contribution >= 0.6 is 23.2 Å². The maximum atomic E-state index is 12.8. The van der Waals surface area contributed by atoms with Gasteiger partial charge >= 0.3 is 17.6 Å². The van der Waals surface area contributed by atoms with Gasteiger partial charge in [-0.15, -0.1) is 0 Å². The first kappa shape index (κ1) is 26.8. The third-order valence-electron chi connectivity index (χ3n) is 5.99.